The van der Waals surface area contributed by atoms with Gasteiger partial charge < -0.3 is 10.4 Å². The van der Waals surface area contributed by atoms with Crippen molar-refractivity contribution in [2.75, 3.05) is 13.1 Å². The van der Waals surface area contributed by atoms with Crippen LogP contribution >= 0.6 is 11.3 Å². The summed E-state index contributed by atoms with van der Waals surface area (Å²) in [6.07, 6.45) is 2.60. The highest BCUT2D eigenvalue weighted by Crippen LogP contribution is 2.14. The lowest BCUT2D eigenvalue weighted by Crippen LogP contribution is -2.40. The zero-order valence-electron chi connectivity index (χ0n) is 10.4. The van der Waals surface area contributed by atoms with Gasteiger partial charge in [-0.15, -0.1) is 11.3 Å². The Bertz CT molecular complexity index is 308. The van der Waals surface area contributed by atoms with Crippen molar-refractivity contribution in [2.24, 2.45) is 0 Å². The predicted molar refractivity (Wildman–Crippen MR) is 69.0 cm³/mol. The molecule has 0 aliphatic heterocycles. The van der Waals surface area contributed by atoms with Crippen LogP contribution in [0.5, 0.6) is 0 Å². The van der Waals surface area contributed by atoms with E-state index in [2.05, 4.69) is 10.3 Å². The van der Waals surface area contributed by atoms with Crippen LogP contribution in [-0.2, 0) is 6.42 Å². The molecule has 0 unspecified atom stereocenters. The van der Waals surface area contributed by atoms with Gasteiger partial charge in [0.25, 0.3) is 0 Å². The van der Waals surface area contributed by atoms with E-state index >= 15 is 0 Å². The van der Waals surface area contributed by atoms with Gasteiger partial charge in [-0.05, 0) is 26.2 Å². The van der Waals surface area contributed by atoms with Crippen LogP contribution in [0.25, 0.3) is 0 Å². The summed E-state index contributed by atoms with van der Waals surface area (Å²) >= 11 is 1.71. The number of aryl methyl sites for hydroxylation is 1. The summed E-state index contributed by atoms with van der Waals surface area (Å²) in [4.78, 5) is 5.55. The average molecular weight is 242 g/mol. The van der Waals surface area contributed by atoms with Crippen molar-refractivity contribution in [3.63, 3.8) is 0 Å². The van der Waals surface area contributed by atoms with Gasteiger partial charge in [-0.1, -0.05) is 13.8 Å². The quantitative estimate of drug-likeness (QED) is 0.720. The Labute approximate surface area is 102 Å². The summed E-state index contributed by atoms with van der Waals surface area (Å²) in [5.41, 5.74) is 2.48. The van der Waals surface area contributed by atoms with Crippen molar-refractivity contribution in [1.82, 2.24) is 10.3 Å². The summed E-state index contributed by atoms with van der Waals surface area (Å²) in [7, 11) is 0. The topological polar surface area (TPSA) is 45.1 Å². The zero-order chi connectivity index (χ0) is 12.0. The van der Waals surface area contributed by atoms with Gasteiger partial charge in [0.1, 0.15) is 0 Å². The highest BCUT2D eigenvalue weighted by Gasteiger charge is 2.20. The Balaban J connectivity index is 2.24. The zero-order valence-corrected chi connectivity index (χ0v) is 11.2. The molecule has 0 bridgehead atoms. The molecule has 0 amide bonds. The molecule has 0 fully saturated rings. The Morgan fingerprint density at radius 2 is 2.12 bits per heavy atom. The summed E-state index contributed by atoms with van der Waals surface area (Å²) in [5, 5.41) is 13.4. The summed E-state index contributed by atoms with van der Waals surface area (Å²) in [6.45, 7) is 7.68. The maximum Gasteiger partial charge on any atom is 0.0797 e. The molecule has 0 aliphatic carbocycles. The van der Waals surface area contributed by atoms with Crippen molar-refractivity contribution < 1.29 is 5.11 Å². The summed E-state index contributed by atoms with van der Waals surface area (Å²) in [6, 6.07) is 0. The Morgan fingerprint density at radius 3 is 2.62 bits per heavy atom. The first-order chi connectivity index (χ1) is 7.61. The highest BCUT2D eigenvalue weighted by atomic mass is 32.1. The first kappa shape index (κ1) is 13.6. The molecule has 3 nitrogen and oxygen atoms in total. The molecule has 16 heavy (non-hydrogen) atoms. The van der Waals surface area contributed by atoms with Crippen LogP contribution in [0.2, 0.25) is 0 Å². The number of nitrogens with one attached hydrogen (secondary N) is 1. The number of aromatic nitrogens is 1. The number of thiazole rings is 1. The Kier molecular flexibility index (Phi) is 5.38. The van der Waals surface area contributed by atoms with Crippen molar-refractivity contribution >= 4 is 11.3 Å². The van der Waals surface area contributed by atoms with Gasteiger partial charge in [0.2, 0.25) is 0 Å². The van der Waals surface area contributed by atoms with E-state index in [1.165, 1.54) is 4.88 Å². The second-order valence-corrected chi connectivity index (χ2v) is 5.16. The maximum absolute atomic E-state index is 10.1. The molecule has 0 saturated carbocycles. The Morgan fingerprint density at radius 1 is 1.44 bits per heavy atom. The fraction of sp³-hybridized carbons (Fsp3) is 0.750. The van der Waals surface area contributed by atoms with E-state index in [1.54, 1.807) is 11.3 Å². The third kappa shape index (κ3) is 3.85. The van der Waals surface area contributed by atoms with Gasteiger partial charge in [-0.3, -0.25) is 0 Å². The van der Waals surface area contributed by atoms with E-state index in [9.17, 15) is 5.11 Å². The van der Waals surface area contributed by atoms with Crippen LogP contribution in [0.3, 0.4) is 0 Å². The van der Waals surface area contributed by atoms with E-state index < -0.39 is 5.60 Å². The van der Waals surface area contributed by atoms with Gasteiger partial charge in [0.05, 0.1) is 16.8 Å². The number of hydrogen-bond donors (Lipinski definition) is 2. The minimum atomic E-state index is -0.539. The van der Waals surface area contributed by atoms with E-state index in [-0.39, 0.29) is 0 Å². The molecule has 0 spiro atoms. The van der Waals surface area contributed by atoms with Crippen LogP contribution in [0, 0.1) is 6.92 Å². The minimum absolute atomic E-state index is 0.539. The summed E-state index contributed by atoms with van der Waals surface area (Å²) < 4.78 is 0. The predicted octanol–water partition coefficient (Wildman–Crippen LogP) is 2.13. The SMILES string of the molecule is CCC(O)(CC)CNCCc1scnc1C. The standard InChI is InChI=1S/C12H22N2OS/c1-4-12(15,5-2)8-13-7-6-11-10(3)14-9-16-11/h9,13,15H,4-8H2,1-3H3. The molecular formula is C12H22N2OS. The molecule has 0 atom stereocenters. The number of hydrogen-bond acceptors (Lipinski definition) is 4. The van der Waals surface area contributed by atoms with Crippen molar-refractivity contribution in [3.8, 4) is 0 Å². The van der Waals surface area contributed by atoms with E-state index in [4.69, 9.17) is 0 Å². The van der Waals surface area contributed by atoms with E-state index in [0.29, 0.717) is 6.54 Å². The van der Waals surface area contributed by atoms with Gasteiger partial charge in [0, 0.05) is 18.0 Å². The fourth-order valence-electron chi connectivity index (χ4n) is 1.59. The molecule has 1 heterocycles. The minimum Gasteiger partial charge on any atom is -0.389 e. The number of aliphatic hydroxyl groups is 1. The third-order valence-corrected chi connectivity index (χ3v) is 4.14. The monoisotopic (exact) mass is 242 g/mol. The molecule has 4 heteroatoms. The molecule has 0 radical (unpaired) electrons. The molecule has 1 aromatic heterocycles. The molecule has 1 rings (SSSR count). The van der Waals surface area contributed by atoms with Gasteiger partial charge in [-0.2, -0.15) is 0 Å². The lowest BCUT2D eigenvalue weighted by molar-refractivity contribution is 0.0329. The fourth-order valence-corrected chi connectivity index (χ4v) is 2.37. The molecule has 2 N–H and O–H groups in total. The average Bonchev–Trinajstić information content (AvgIpc) is 2.70. The molecule has 92 valence electrons. The summed E-state index contributed by atoms with van der Waals surface area (Å²) in [5.74, 6) is 0. The largest absolute Gasteiger partial charge is 0.389 e. The van der Waals surface area contributed by atoms with Crippen LogP contribution in [0.1, 0.15) is 37.3 Å². The van der Waals surface area contributed by atoms with Crippen LogP contribution in [0.15, 0.2) is 5.51 Å². The second kappa shape index (κ2) is 6.33. The molecule has 1 aromatic rings. The second-order valence-electron chi connectivity index (χ2n) is 4.22. The van der Waals surface area contributed by atoms with Crippen LogP contribution in [-0.4, -0.2) is 28.8 Å². The normalized spacial score (nSPS) is 12.0. The Hall–Kier alpha value is -0.450. The van der Waals surface area contributed by atoms with Crippen LogP contribution < -0.4 is 5.32 Å². The van der Waals surface area contributed by atoms with Crippen molar-refractivity contribution in [3.05, 3.63) is 16.1 Å². The maximum atomic E-state index is 10.1. The molecule has 0 aromatic carbocycles. The smallest absolute Gasteiger partial charge is 0.0797 e. The molecule has 0 saturated heterocycles. The van der Waals surface area contributed by atoms with Gasteiger partial charge >= 0.3 is 0 Å². The van der Waals surface area contributed by atoms with Crippen molar-refractivity contribution in [2.45, 2.75) is 45.6 Å². The first-order valence-electron chi connectivity index (χ1n) is 5.93. The first-order valence-corrected chi connectivity index (χ1v) is 6.81. The number of rotatable bonds is 7. The highest BCUT2D eigenvalue weighted by molar-refractivity contribution is 7.09. The van der Waals surface area contributed by atoms with Gasteiger partial charge in [0.15, 0.2) is 0 Å². The lowest BCUT2D eigenvalue weighted by Gasteiger charge is -2.25. The van der Waals surface area contributed by atoms with Crippen LogP contribution in [0.4, 0.5) is 0 Å². The number of nitrogens with zero attached hydrogens (tertiary/aromatic N) is 1. The van der Waals surface area contributed by atoms with E-state index in [1.807, 2.05) is 26.3 Å². The molecule has 0 aliphatic rings. The van der Waals surface area contributed by atoms with Gasteiger partial charge in [-0.25, -0.2) is 4.98 Å². The van der Waals surface area contributed by atoms with Crippen molar-refractivity contribution in [1.29, 1.82) is 0 Å². The third-order valence-electron chi connectivity index (χ3n) is 3.14. The lowest BCUT2D eigenvalue weighted by atomic mass is 9.98. The van der Waals surface area contributed by atoms with E-state index in [0.717, 1.165) is 31.5 Å². The molecular weight excluding hydrogens is 220 g/mol.